The van der Waals surface area contributed by atoms with Gasteiger partial charge in [0.05, 0.1) is 19.3 Å². The van der Waals surface area contributed by atoms with Crippen molar-refractivity contribution < 1.29 is 17.9 Å². The van der Waals surface area contributed by atoms with Crippen LogP contribution in [0.5, 0.6) is 5.75 Å². The van der Waals surface area contributed by atoms with Crippen molar-refractivity contribution in [2.45, 2.75) is 75.0 Å². The first-order valence-electron chi connectivity index (χ1n) is 12.5. The molecule has 3 heterocycles. The average molecular weight is 505 g/mol. The number of hydrogen-bond donors (Lipinski definition) is 1. The van der Waals surface area contributed by atoms with Crippen LogP contribution in [0.1, 0.15) is 54.8 Å². The molecule has 186 valence electrons. The maximum absolute atomic E-state index is 12.8. The van der Waals surface area contributed by atoms with Gasteiger partial charge in [0, 0.05) is 41.3 Å². The third-order valence-electron chi connectivity index (χ3n) is 7.87. The van der Waals surface area contributed by atoms with Gasteiger partial charge in [0.1, 0.15) is 10.6 Å². The summed E-state index contributed by atoms with van der Waals surface area (Å²) in [4.78, 5) is 5.81. The number of nitrogens with zero attached hydrogens (tertiary/aromatic N) is 1. The van der Waals surface area contributed by atoms with E-state index in [1.54, 1.807) is 24.3 Å². The SMILES string of the molecule is CCc1cc2c(s1)CCO[C@@]21CCN(C[C@H]2C[C@@H](NS(=O)(=O)c3ccccc3OC)C2)[C@@H](C)C1. The lowest BCUT2D eigenvalue weighted by Gasteiger charge is -2.49. The van der Waals surface area contributed by atoms with Crippen LogP contribution in [0.15, 0.2) is 35.2 Å². The molecule has 5 rings (SSSR count). The molecule has 1 spiro atoms. The maximum Gasteiger partial charge on any atom is 0.244 e. The van der Waals surface area contributed by atoms with Crippen LogP contribution < -0.4 is 9.46 Å². The van der Waals surface area contributed by atoms with Crippen molar-refractivity contribution in [1.82, 2.24) is 9.62 Å². The molecule has 0 unspecified atom stereocenters. The largest absolute Gasteiger partial charge is 0.495 e. The third-order valence-corrected chi connectivity index (χ3v) is 10.8. The second-order valence-electron chi connectivity index (χ2n) is 10.1. The van der Waals surface area contributed by atoms with E-state index in [0.717, 1.165) is 58.2 Å². The standard InChI is InChI=1S/C26H36N2O4S2/c1-4-21-15-22-24(33-21)9-12-32-26(22)10-11-28(18(2)16-26)17-19-13-20(14-19)27-34(29,30)25-8-6-5-7-23(25)31-3/h5-8,15,18-20,27H,4,9-14,16-17H2,1-3H3/t18-,19-,20+,26+/m0/s1. The zero-order valence-electron chi connectivity index (χ0n) is 20.4. The minimum atomic E-state index is -3.58. The van der Waals surface area contributed by atoms with Crippen molar-refractivity contribution in [1.29, 1.82) is 0 Å². The number of thiophene rings is 1. The highest BCUT2D eigenvalue weighted by Gasteiger charge is 2.45. The molecule has 6 nitrogen and oxygen atoms in total. The van der Waals surface area contributed by atoms with E-state index in [2.05, 4.69) is 29.5 Å². The Labute approximate surface area is 207 Å². The summed E-state index contributed by atoms with van der Waals surface area (Å²) in [5.41, 5.74) is 1.35. The minimum absolute atomic E-state index is 0.00569. The van der Waals surface area contributed by atoms with E-state index in [0.29, 0.717) is 17.7 Å². The summed E-state index contributed by atoms with van der Waals surface area (Å²) in [6.45, 7) is 7.46. The Morgan fingerprint density at radius 3 is 2.82 bits per heavy atom. The van der Waals surface area contributed by atoms with Crippen LogP contribution in [0, 0.1) is 5.92 Å². The van der Waals surface area contributed by atoms with Gasteiger partial charge in [-0.05, 0) is 68.7 Å². The van der Waals surface area contributed by atoms with Gasteiger partial charge in [-0.25, -0.2) is 13.1 Å². The molecule has 0 bridgehead atoms. The lowest BCUT2D eigenvalue weighted by molar-refractivity contribution is -0.114. The fourth-order valence-corrected chi connectivity index (χ4v) is 8.59. The molecule has 2 aromatic rings. The lowest BCUT2D eigenvalue weighted by Crippen LogP contribution is -2.54. The van der Waals surface area contributed by atoms with Crippen LogP contribution in [-0.4, -0.2) is 52.2 Å². The average Bonchev–Trinajstić information content (AvgIpc) is 3.24. The lowest BCUT2D eigenvalue weighted by atomic mass is 9.77. The molecule has 0 radical (unpaired) electrons. The topological polar surface area (TPSA) is 67.9 Å². The number of methoxy groups -OCH3 is 1. The first-order valence-corrected chi connectivity index (χ1v) is 14.8. The molecule has 2 aliphatic heterocycles. The second-order valence-corrected chi connectivity index (χ2v) is 13.0. The van der Waals surface area contributed by atoms with E-state index in [-0.39, 0.29) is 16.5 Å². The van der Waals surface area contributed by atoms with Crippen molar-refractivity contribution >= 4 is 21.4 Å². The van der Waals surface area contributed by atoms with Crippen LogP contribution in [0.25, 0.3) is 0 Å². The fraction of sp³-hybridized carbons (Fsp3) is 0.615. The van der Waals surface area contributed by atoms with Crippen LogP contribution in [0.3, 0.4) is 0 Å². The predicted octanol–water partition coefficient (Wildman–Crippen LogP) is 4.33. The molecule has 1 aliphatic carbocycles. The summed E-state index contributed by atoms with van der Waals surface area (Å²) in [5, 5.41) is 0. The van der Waals surface area contributed by atoms with Gasteiger partial charge in [-0.1, -0.05) is 19.1 Å². The van der Waals surface area contributed by atoms with E-state index in [4.69, 9.17) is 9.47 Å². The Balaban J connectivity index is 1.16. The Morgan fingerprint density at radius 1 is 1.29 bits per heavy atom. The highest BCUT2D eigenvalue weighted by atomic mass is 32.2. The molecule has 1 aromatic carbocycles. The van der Waals surface area contributed by atoms with E-state index in [1.165, 1.54) is 22.4 Å². The molecule has 3 aliphatic rings. The van der Waals surface area contributed by atoms with Gasteiger partial charge in [0.2, 0.25) is 10.0 Å². The molecule has 0 amide bonds. The summed E-state index contributed by atoms with van der Waals surface area (Å²) in [6.07, 6.45) is 5.99. The molecular weight excluding hydrogens is 468 g/mol. The summed E-state index contributed by atoms with van der Waals surface area (Å²) in [6, 6.07) is 9.64. The Bertz CT molecular complexity index is 1130. The summed E-state index contributed by atoms with van der Waals surface area (Å²) in [5.74, 6) is 0.907. The number of benzene rings is 1. The first kappa shape index (κ1) is 24.3. The molecule has 2 fully saturated rings. The van der Waals surface area contributed by atoms with E-state index < -0.39 is 10.0 Å². The highest BCUT2D eigenvalue weighted by Crippen LogP contribution is 2.46. The number of nitrogens with one attached hydrogen (secondary N) is 1. The minimum Gasteiger partial charge on any atom is -0.495 e. The Morgan fingerprint density at radius 2 is 2.09 bits per heavy atom. The van der Waals surface area contributed by atoms with Crippen LogP contribution in [-0.2, 0) is 33.2 Å². The number of para-hydroxylation sites is 1. The monoisotopic (exact) mass is 504 g/mol. The molecule has 1 aromatic heterocycles. The quantitative estimate of drug-likeness (QED) is 0.608. The number of piperidine rings is 1. The van der Waals surface area contributed by atoms with Gasteiger partial charge in [0.15, 0.2) is 0 Å². The molecule has 1 N–H and O–H groups in total. The number of aryl methyl sites for hydroxylation is 1. The third kappa shape index (κ3) is 4.55. The summed E-state index contributed by atoms with van der Waals surface area (Å²) < 4.78 is 40.3. The molecule has 8 heteroatoms. The fourth-order valence-electron chi connectivity index (χ4n) is 5.98. The zero-order chi connectivity index (χ0) is 23.9. The predicted molar refractivity (Wildman–Crippen MR) is 135 cm³/mol. The number of hydrogen-bond acceptors (Lipinski definition) is 6. The number of ether oxygens (including phenoxy) is 2. The number of fused-ring (bicyclic) bond motifs is 2. The maximum atomic E-state index is 12.8. The first-order chi connectivity index (χ1) is 16.3. The van der Waals surface area contributed by atoms with Gasteiger partial charge in [-0.3, -0.25) is 0 Å². The normalized spacial score (nSPS) is 29.6. The summed E-state index contributed by atoms with van der Waals surface area (Å²) in [7, 11) is -2.08. The van der Waals surface area contributed by atoms with E-state index >= 15 is 0 Å². The molecule has 1 saturated heterocycles. The summed E-state index contributed by atoms with van der Waals surface area (Å²) >= 11 is 1.98. The van der Waals surface area contributed by atoms with Crippen LogP contribution in [0.2, 0.25) is 0 Å². The van der Waals surface area contributed by atoms with Gasteiger partial charge >= 0.3 is 0 Å². The number of sulfonamides is 1. The highest BCUT2D eigenvalue weighted by molar-refractivity contribution is 7.89. The molecule has 34 heavy (non-hydrogen) atoms. The molecular formula is C26H36N2O4S2. The van der Waals surface area contributed by atoms with Crippen molar-refractivity contribution in [2.75, 3.05) is 26.8 Å². The van der Waals surface area contributed by atoms with Crippen molar-refractivity contribution in [3.05, 3.63) is 45.6 Å². The molecule has 1 saturated carbocycles. The smallest absolute Gasteiger partial charge is 0.244 e. The van der Waals surface area contributed by atoms with Crippen molar-refractivity contribution in [2.24, 2.45) is 5.92 Å². The van der Waals surface area contributed by atoms with E-state index in [9.17, 15) is 8.42 Å². The van der Waals surface area contributed by atoms with Gasteiger partial charge in [-0.2, -0.15) is 0 Å². The van der Waals surface area contributed by atoms with Crippen LogP contribution >= 0.6 is 11.3 Å². The van der Waals surface area contributed by atoms with Crippen LogP contribution in [0.4, 0.5) is 0 Å². The number of rotatable bonds is 7. The van der Waals surface area contributed by atoms with Crippen molar-refractivity contribution in [3.63, 3.8) is 0 Å². The van der Waals surface area contributed by atoms with Gasteiger partial charge in [-0.15, -0.1) is 11.3 Å². The van der Waals surface area contributed by atoms with Crippen molar-refractivity contribution in [3.8, 4) is 5.75 Å². The van der Waals surface area contributed by atoms with Gasteiger partial charge in [0.25, 0.3) is 0 Å². The van der Waals surface area contributed by atoms with Gasteiger partial charge < -0.3 is 14.4 Å². The molecule has 2 atom stereocenters. The number of likely N-dealkylation sites (tertiary alicyclic amines) is 1. The Hall–Kier alpha value is -1.45. The van der Waals surface area contributed by atoms with E-state index in [1.807, 2.05) is 11.3 Å². The second kappa shape index (κ2) is 9.54. The zero-order valence-corrected chi connectivity index (χ0v) is 22.0. The Kier molecular flexibility index (Phi) is 6.81.